The van der Waals surface area contributed by atoms with Gasteiger partial charge in [-0.1, -0.05) is 41.5 Å². The second kappa shape index (κ2) is 3.54. The molecule has 0 bridgehead atoms. The largest absolute Gasteiger partial charge is 0.0648 e. The third-order valence-corrected chi connectivity index (χ3v) is 4.37. The minimum absolute atomic E-state index is 0.0434. The summed E-state index contributed by atoms with van der Waals surface area (Å²) in [6.07, 6.45) is 3.26. The summed E-state index contributed by atoms with van der Waals surface area (Å²) in [7, 11) is 0. The van der Waals surface area contributed by atoms with E-state index in [1.807, 2.05) is 0 Å². The lowest BCUT2D eigenvalue weighted by molar-refractivity contribution is -0.00238. The first-order valence-corrected chi connectivity index (χ1v) is 5.91. The van der Waals surface area contributed by atoms with Crippen LogP contribution in [-0.2, 0) is 0 Å². The Bertz CT molecular complexity index is 227. The van der Waals surface area contributed by atoms with Gasteiger partial charge in [-0.05, 0) is 48.3 Å². The highest BCUT2D eigenvalue weighted by Crippen LogP contribution is 2.55. The Morgan fingerprint density at radius 2 is 1.50 bits per heavy atom. The maximum absolute atomic E-state index is 8.23. The number of hydrogen-bond donors (Lipinski definition) is 0. The molecule has 14 heavy (non-hydrogen) atoms. The Kier molecular flexibility index (Phi) is 2.34. The van der Waals surface area contributed by atoms with Crippen LogP contribution in [0.3, 0.4) is 0 Å². The first-order valence-electron chi connectivity index (χ1n) is 6.91. The molecule has 1 aliphatic carbocycles. The highest BCUT2D eigenvalue weighted by molar-refractivity contribution is 4.95. The van der Waals surface area contributed by atoms with Gasteiger partial charge in [0.1, 0.15) is 0 Å². The highest BCUT2D eigenvalue weighted by atomic mass is 14.5. The zero-order chi connectivity index (χ0) is 12.8. The molecule has 0 saturated heterocycles. The molecular formula is C14H28. The van der Waals surface area contributed by atoms with Crippen LogP contribution in [-0.4, -0.2) is 0 Å². The minimum Gasteiger partial charge on any atom is -0.0648 e. The fourth-order valence-electron chi connectivity index (χ4n) is 2.73. The average Bonchev–Trinajstić information content (AvgIpc) is 1.98. The van der Waals surface area contributed by atoms with Crippen molar-refractivity contribution in [3.8, 4) is 0 Å². The van der Waals surface area contributed by atoms with Gasteiger partial charge in [0.25, 0.3) is 0 Å². The molecule has 1 rings (SSSR count). The topological polar surface area (TPSA) is 0 Å². The van der Waals surface area contributed by atoms with Crippen molar-refractivity contribution in [1.82, 2.24) is 0 Å². The molecule has 0 amide bonds. The van der Waals surface area contributed by atoms with E-state index in [-0.39, 0.29) is 10.8 Å². The number of hydrogen-bond acceptors (Lipinski definition) is 0. The van der Waals surface area contributed by atoms with Crippen LogP contribution in [0.25, 0.3) is 0 Å². The molecule has 84 valence electrons. The van der Waals surface area contributed by atoms with E-state index in [0.717, 1.165) is 25.7 Å². The predicted molar refractivity (Wildman–Crippen MR) is 64.4 cm³/mol. The molecule has 1 fully saturated rings. The summed E-state index contributed by atoms with van der Waals surface area (Å²) in [5, 5.41) is 0. The molecule has 0 aromatic carbocycles. The molecule has 1 aliphatic rings. The van der Waals surface area contributed by atoms with E-state index >= 15 is 0 Å². The summed E-state index contributed by atoms with van der Waals surface area (Å²) in [6, 6.07) is 0. The molecule has 1 saturated carbocycles. The van der Waals surface area contributed by atoms with Crippen molar-refractivity contribution in [1.29, 1.82) is 0 Å². The van der Waals surface area contributed by atoms with Crippen molar-refractivity contribution >= 4 is 0 Å². The van der Waals surface area contributed by atoms with Crippen LogP contribution in [0.1, 0.15) is 76.3 Å². The summed E-state index contributed by atoms with van der Waals surface area (Å²) in [5.74, 6) is 0. The van der Waals surface area contributed by atoms with Gasteiger partial charge in [-0.15, -0.1) is 0 Å². The molecular weight excluding hydrogens is 168 g/mol. The molecule has 0 N–H and O–H groups in total. The summed E-state index contributed by atoms with van der Waals surface area (Å²) in [5.41, 5.74) is 0.289. The molecule has 0 radical (unpaired) electrons. The first kappa shape index (κ1) is 9.24. The maximum Gasteiger partial charge on any atom is 0.0270 e. The maximum atomic E-state index is 8.23. The van der Waals surface area contributed by atoms with Gasteiger partial charge in [0.2, 0.25) is 0 Å². The molecule has 0 heteroatoms. The van der Waals surface area contributed by atoms with Crippen LogP contribution in [0.5, 0.6) is 0 Å². The fraction of sp³-hybridized carbons (Fsp3) is 1.00. The summed E-state index contributed by atoms with van der Waals surface area (Å²) >= 11 is 0. The Labute approximate surface area is 93.3 Å². The second-order valence-corrected chi connectivity index (χ2v) is 6.75. The van der Waals surface area contributed by atoms with Gasteiger partial charge in [-0.25, -0.2) is 0 Å². The SMILES string of the molecule is [2H]C([2H])(C)C1(C(C)(C)C)CCC(C)(C)CC1. The number of rotatable bonds is 1. The van der Waals surface area contributed by atoms with Gasteiger partial charge in [-0.3, -0.25) is 0 Å². The van der Waals surface area contributed by atoms with E-state index in [9.17, 15) is 0 Å². The van der Waals surface area contributed by atoms with Crippen molar-refractivity contribution in [2.24, 2.45) is 16.2 Å². The van der Waals surface area contributed by atoms with E-state index in [1.54, 1.807) is 6.92 Å². The smallest absolute Gasteiger partial charge is 0.0270 e. The lowest BCUT2D eigenvalue weighted by atomic mass is 9.54. The average molecular weight is 198 g/mol. The van der Waals surface area contributed by atoms with E-state index in [4.69, 9.17) is 2.74 Å². The lowest BCUT2D eigenvalue weighted by Crippen LogP contribution is -2.40. The Balaban J connectivity index is 3.03. The van der Waals surface area contributed by atoms with E-state index in [0.29, 0.717) is 5.41 Å². The summed E-state index contributed by atoms with van der Waals surface area (Å²) in [4.78, 5) is 0. The zero-order valence-corrected chi connectivity index (χ0v) is 10.8. The minimum atomic E-state index is -1.08. The molecule has 0 aromatic rings. The van der Waals surface area contributed by atoms with Crippen LogP contribution >= 0.6 is 0 Å². The quantitative estimate of drug-likeness (QED) is 0.554. The van der Waals surface area contributed by atoms with Gasteiger partial charge in [0, 0.05) is 2.74 Å². The van der Waals surface area contributed by atoms with E-state index in [2.05, 4.69) is 34.6 Å². The van der Waals surface area contributed by atoms with Crippen LogP contribution in [0.2, 0.25) is 0 Å². The standard InChI is InChI=1S/C14H28/c1-7-14(12(2,3)4)10-8-13(5,6)9-11-14/h7-11H2,1-6H3/i7D2. The van der Waals surface area contributed by atoms with Gasteiger partial charge < -0.3 is 0 Å². The molecule has 0 spiro atoms. The fourth-order valence-corrected chi connectivity index (χ4v) is 2.73. The van der Waals surface area contributed by atoms with E-state index in [1.165, 1.54) is 0 Å². The van der Waals surface area contributed by atoms with Crippen LogP contribution in [0, 0.1) is 16.2 Å². The van der Waals surface area contributed by atoms with Crippen LogP contribution < -0.4 is 0 Å². The van der Waals surface area contributed by atoms with Gasteiger partial charge in [0.15, 0.2) is 0 Å². The Morgan fingerprint density at radius 3 is 1.79 bits per heavy atom. The zero-order valence-electron chi connectivity index (χ0n) is 12.8. The van der Waals surface area contributed by atoms with Crippen LogP contribution in [0.4, 0.5) is 0 Å². The molecule has 0 aromatic heterocycles. The van der Waals surface area contributed by atoms with Crippen molar-refractivity contribution in [3.63, 3.8) is 0 Å². The predicted octanol–water partition coefficient (Wildman–Crippen LogP) is 5.03. The Hall–Kier alpha value is 0. The molecule has 0 atom stereocenters. The first-order chi connectivity index (χ1) is 6.91. The lowest BCUT2D eigenvalue weighted by Gasteiger charge is -2.51. The monoisotopic (exact) mass is 198 g/mol. The van der Waals surface area contributed by atoms with Crippen molar-refractivity contribution < 1.29 is 2.74 Å². The summed E-state index contributed by atoms with van der Waals surface area (Å²) < 4.78 is 16.5. The molecule has 0 heterocycles. The molecule has 0 unspecified atom stereocenters. The van der Waals surface area contributed by atoms with Gasteiger partial charge in [0.05, 0.1) is 0 Å². The Morgan fingerprint density at radius 1 is 1.07 bits per heavy atom. The summed E-state index contributed by atoms with van der Waals surface area (Å²) in [6.45, 7) is 13.0. The normalized spacial score (nSPS) is 29.3. The molecule has 0 aliphatic heterocycles. The van der Waals surface area contributed by atoms with E-state index < -0.39 is 6.37 Å². The van der Waals surface area contributed by atoms with Crippen molar-refractivity contribution in [2.45, 2.75) is 73.6 Å². The van der Waals surface area contributed by atoms with Crippen molar-refractivity contribution in [3.05, 3.63) is 0 Å². The molecule has 0 nitrogen and oxygen atoms in total. The third-order valence-electron chi connectivity index (χ3n) is 4.37. The van der Waals surface area contributed by atoms with Crippen molar-refractivity contribution in [2.75, 3.05) is 0 Å². The second-order valence-electron chi connectivity index (χ2n) is 6.75. The highest BCUT2D eigenvalue weighted by Gasteiger charge is 2.44. The van der Waals surface area contributed by atoms with Gasteiger partial charge >= 0.3 is 0 Å². The van der Waals surface area contributed by atoms with Gasteiger partial charge in [-0.2, -0.15) is 0 Å². The third kappa shape index (κ3) is 2.15. The van der Waals surface area contributed by atoms with Crippen LogP contribution in [0.15, 0.2) is 0 Å².